The number of carbonyl (C=O) groups excluding carboxylic acids is 1. The fraction of sp³-hybridized carbons (Fsp3) is 0.484. The number of halogens is 1. The Hall–Kier alpha value is -2.59. The van der Waals surface area contributed by atoms with Gasteiger partial charge in [0.2, 0.25) is 6.33 Å². The lowest BCUT2D eigenvalue weighted by atomic mass is 9.79. The molecule has 0 aliphatic carbocycles. The fourth-order valence-electron chi connectivity index (χ4n) is 4.26. The van der Waals surface area contributed by atoms with Crippen LogP contribution in [-0.4, -0.2) is 10.5 Å². The van der Waals surface area contributed by atoms with E-state index in [1.807, 2.05) is 12.3 Å². The van der Waals surface area contributed by atoms with Gasteiger partial charge in [-0.25, -0.2) is 9.13 Å². The van der Waals surface area contributed by atoms with Crippen molar-refractivity contribution in [3.8, 4) is 0 Å². The van der Waals surface area contributed by atoms with Crippen molar-refractivity contribution in [1.29, 1.82) is 0 Å². The lowest BCUT2D eigenvalue weighted by Gasteiger charge is -2.26. The Morgan fingerprint density at radius 2 is 1.50 bits per heavy atom. The van der Waals surface area contributed by atoms with E-state index >= 15 is 0 Å². The predicted octanol–water partition coefficient (Wildman–Crippen LogP) is 3.33. The summed E-state index contributed by atoms with van der Waals surface area (Å²) in [6.07, 6.45) is 6.92. The van der Waals surface area contributed by atoms with E-state index < -0.39 is 0 Å². The van der Waals surface area contributed by atoms with E-state index in [2.05, 4.69) is 125 Å². The molecule has 4 nitrogen and oxygen atoms in total. The van der Waals surface area contributed by atoms with Gasteiger partial charge in [0.25, 0.3) is 5.91 Å². The van der Waals surface area contributed by atoms with Crippen LogP contribution in [0.25, 0.3) is 0 Å². The minimum absolute atomic E-state index is 0. The van der Waals surface area contributed by atoms with Crippen LogP contribution >= 0.6 is 0 Å². The summed E-state index contributed by atoms with van der Waals surface area (Å²) in [6, 6.07) is 17.0. The van der Waals surface area contributed by atoms with Crippen LogP contribution in [-0.2, 0) is 28.7 Å². The third-order valence-corrected chi connectivity index (χ3v) is 6.47. The average molecular weight is 510 g/mol. The Labute approximate surface area is 224 Å². The van der Waals surface area contributed by atoms with Crippen molar-refractivity contribution in [2.45, 2.75) is 91.8 Å². The maximum absolute atomic E-state index is 13.4. The molecule has 1 aromatic heterocycles. The van der Waals surface area contributed by atoms with Crippen LogP contribution in [0.4, 0.5) is 0 Å². The second-order valence-electron chi connectivity index (χ2n) is 12.3. The highest BCUT2D eigenvalue weighted by Crippen LogP contribution is 2.30. The molecule has 0 saturated heterocycles. The molecule has 0 fully saturated rings. The van der Waals surface area contributed by atoms with E-state index in [9.17, 15) is 4.79 Å². The number of hydrogen-bond acceptors (Lipinski definition) is 1. The number of rotatable bonds is 8. The van der Waals surface area contributed by atoms with E-state index in [4.69, 9.17) is 0 Å². The van der Waals surface area contributed by atoms with Gasteiger partial charge in [-0.3, -0.25) is 4.79 Å². The molecule has 1 atom stereocenters. The molecular weight excluding hydrogens is 466 g/mol. The number of carbonyl (C=O) groups is 1. The number of imidazole rings is 1. The molecule has 0 radical (unpaired) electrons. The third-order valence-electron chi connectivity index (χ3n) is 6.47. The summed E-state index contributed by atoms with van der Waals surface area (Å²) < 4.78 is 4.20. The van der Waals surface area contributed by atoms with Crippen molar-refractivity contribution in [2.75, 3.05) is 0 Å². The molecule has 3 aromatic rings. The molecule has 1 heterocycles. The Morgan fingerprint density at radius 1 is 0.917 bits per heavy atom. The second-order valence-corrected chi connectivity index (χ2v) is 12.3. The standard InChI is InChI=1S/C31H43N3O.ClH/c1-23(2)16-28(34-15-14-33(22-34)21-24-12-10-9-11-13-24)29(35)32-20-25-17-26(30(3,4)5)19-27(18-25)31(6,7)8;/h9-15,17-19,22-23,28H,16,20-21H2,1-8H3;1H/t28-;/m0./s1. The van der Waals surface area contributed by atoms with Crippen LogP contribution in [0, 0.1) is 5.92 Å². The Bertz CT molecular complexity index is 1090. The summed E-state index contributed by atoms with van der Waals surface area (Å²) in [5.74, 6) is 0.479. The molecule has 0 unspecified atom stereocenters. The van der Waals surface area contributed by atoms with Gasteiger partial charge in [-0.2, -0.15) is 0 Å². The number of hydrogen-bond donors (Lipinski definition) is 1. The van der Waals surface area contributed by atoms with Crippen molar-refractivity contribution in [1.82, 2.24) is 9.88 Å². The van der Waals surface area contributed by atoms with Crippen LogP contribution in [0.3, 0.4) is 0 Å². The van der Waals surface area contributed by atoms with Gasteiger partial charge < -0.3 is 17.7 Å². The molecule has 1 N–H and O–H groups in total. The third kappa shape index (κ3) is 8.23. The molecule has 196 valence electrons. The zero-order valence-electron chi connectivity index (χ0n) is 23.3. The molecule has 2 aromatic carbocycles. The van der Waals surface area contributed by atoms with Crippen LogP contribution in [0.1, 0.15) is 90.1 Å². The molecule has 5 heteroatoms. The van der Waals surface area contributed by atoms with Gasteiger partial charge in [0.05, 0.1) is 0 Å². The number of amides is 1. The van der Waals surface area contributed by atoms with Crippen LogP contribution in [0.15, 0.2) is 67.3 Å². The Morgan fingerprint density at radius 3 is 2.03 bits per heavy atom. The largest absolute Gasteiger partial charge is 1.00 e. The number of nitrogens with one attached hydrogen (secondary N) is 1. The lowest BCUT2D eigenvalue weighted by Crippen LogP contribution is -3.00. The topological polar surface area (TPSA) is 37.9 Å². The van der Waals surface area contributed by atoms with Gasteiger partial charge in [-0.05, 0) is 45.4 Å². The smallest absolute Gasteiger partial charge is 0.265 e. The van der Waals surface area contributed by atoms with Crippen LogP contribution in [0.2, 0.25) is 0 Å². The number of nitrogens with zero attached hydrogens (tertiary/aromatic N) is 2. The van der Waals surface area contributed by atoms with Crippen molar-refractivity contribution in [3.63, 3.8) is 0 Å². The summed E-state index contributed by atoms with van der Waals surface area (Å²) in [5.41, 5.74) is 5.12. The van der Waals surface area contributed by atoms with Gasteiger partial charge in [-0.15, -0.1) is 0 Å². The predicted molar refractivity (Wildman–Crippen MR) is 144 cm³/mol. The van der Waals surface area contributed by atoms with E-state index in [0.717, 1.165) is 18.5 Å². The van der Waals surface area contributed by atoms with Gasteiger partial charge >= 0.3 is 0 Å². The summed E-state index contributed by atoms with van der Waals surface area (Å²) in [7, 11) is 0. The van der Waals surface area contributed by atoms with Crippen LogP contribution < -0.4 is 22.3 Å². The molecule has 0 spiro atoms. The molecule has 1 amide bonds. The lowest BCUT2D eigenvalue weighted by molar-refractivity contribution is -0.687. The first kappa shape index (κ1) is 29.6. The van der Waals surface area contributed by atoms with E-state index in [-0.39, 0.29) is 35.2 Å². The first-order chi connectivity index (χ1) is 16.3. The number of benzene rings is 2. The minimum atomic E-state index is -0.236. The number of aromatic nitrogens is 2. The molecule has 0 saturated carbocycles. The highest BCUT2D eigenvalue weighted by Gasteiger charge is 2.27. The Balaban J connectivity index is 0.00000456. The molecule has 0 aliphatic heterocycles. The fourth-order valence-corrected chi connectivity index (χ4v) is 4.26. The maximum atomic E-state index is 13.4. The van der Waals surface area contributed by atoms with Crippen molar-refractivity contribution < 1.29 is 21.8 Å². The normalized spacial score (nSPS) is 12.8. The van der Waals surface area contributed by atoms with Gasteiger partial charge in [0.1, 0.15) is 18.9 Å². The summed E-state index contributed by atoms with van der Waals surface area (Å²) in [4.78, 5) is 13.4. The van der Waals surface area contributed by atoms with E-state index in [1.54, 1.807) is 0 Å². The zero-order valence-corrected chi connectivity index (χ0v) is 24.1. The Kier molecular flexibility index (Phi) is 9.96. The quantitative estimate of drug-likeness (QED) is 0.465. The summed E-state index contributed by atoms with van der Waals surface area (Å²) in [6.45, 7) is 19.1. The van der Waals surface area contributed by atoms with Crippen molar-refractivity contribution in [3.05, 3.63) is 89.5 Å². The summed E-state index contributed by atoms with van der Waals surface area (Å²) >= 11 is 0. The first-order valence-electron chi connectivity index (χ1n) is 12.9. The zero-order chi connectivity index (χ0) is 25.8. The molecule has 36 heavy (non-hydrogen) atoms. The van der Waals surface area contributed by atoms with E-state index in [1.165, 1.54) is 16.7 Å². The highest BCUT2D eigenvalue weighted by molar-refractivity contribution is 5.80. The SMILES string of the molecule is CC(C)C[C@@H](C(=O)NCc1cc(C(C)(C)C)cc(C(C)(C)C)c1)n1cc[n+](Cc2ccccc2)c1.[Cl-]. The minimum Gasteiger partial charge on any atom is -1.00 e. The van der Waals surface area contributed by atoms with Crippen molar-refractivity contribution >= 4 is 5.91 Å². The van der Waals surface area contributed by atoms with E-state index in [0.29, 0.717) is 12.5 Å². The molecule has 0 bridgehead atoms. The van der Waals surface area contributed by atoms with Gasteiger partial charge in [0, 0.05) is 6.54 Å². The maximum Gasteiger partial charge on any atom is 0.265 e. The van der Waals surface area contributed by atoms with Gasteiger partial charge in [-0.1, -0.05) is 104 Å². The van der Waals surface area contributed by atoms with Gasteiger partial charge in [0.15, 0.2) is 6.04 Å². The molecular formula is C31H44ClN3O. The highest BCUT2D eigenvalue weighted by atomic mass is 35.5. The van der Waals surface area contributed by atoms with Crippen molar-refractivity contribution in [2.24, 2.45) is 5.92 Å². The average Bonchev–Trinajstić information content (AvgIpc) is 3.23. The summed E-state index contributed by atoms with van der Waals surface area (Å²) in [5, 5.41) is 3.25. The van der Waals surface area contributed by atoms with Crippen LogP contribution in [0.5, 0.6) is 0 Å². The molecule has 3 rings (SSSR count). The first-order valence-corrected chi connectivity index (χ1v) is 12.9. The monoisotopic (exact) mass is 509 g/mol. The second kappa shape index (κ2) is 12.1. The molecule has 0 aliphatic rings.